The first-order chi connectivity index (χ1) is 11.4. The normalized spacial score (nSPS) is 20.3. The molecule has 148 valence electrons. The third-order valence-electron chi connectivity index (χ3n) is 4.80. The summed E-state index contributed by atoms with van der Waals surface area (Å²) in [6.07, 6.45) is -2.73. The molecule has 9 heteroatoms. The predicted molar refractivity (Wildman–Crippen MR) is 100 cm³/mol. The van der Waals surface area contributed by atoms with E-state index in [2.05, 4.69) is 5.32 Å². The monoisotopic (exact) mass is 413 g/mol. The molecule has 2 aliphatic heterocycles. The molecule has 1 amide bonds. The van der Waals surface area contributed by atoms with Gasteiger partial charge in [-0.1, -0.05) is 6.07 Å². The number of carbonyl (C=O) groups is 1. The number of carbonyl (C=O) groups excluding carboxylic acids is 1. The lowest BCUT2D eigenvalue weighted by Crippen LogP contribution is -2.49. The molecule has 1 aromatic rings. The van der Waals surface area contributed by atoms with E-state index in [4.69, 9.17) is 0 Å². The smallest absolute Gasteiger partial charge is 0.368 e. The van der Waals surface area contributed by atoms with Gasteiger partial charge in [0.05, 0.1) is 5.56 Å². The van der Waals surface area contributed by atoms with Gasteiger partial charge in [-0.15, -0.1) is 24.8 Å². The molecular formula is C17H24Cl2F3N3O. The van der Waals surface area contributed by atoms with Crippen molar-refractivity contribution in [2.75, 3.05) is 44.2 Å². The molecule has 4 nitrogen and oxygen atoms in total. The lowest BCUT2D eigenvalue weighted by molar-refractivity contribution is -0.137. The maximum atomic E-state index is 12.8. The van der Waals surface area contributed by atoms with Crippen LogP contribution in [0.25, 0.3) is 0 Å². The average Bonchev–Trinajstić information content (AvgIpc) is 3.07. The zero-order valence-electron chi connectivity index (χ0n) is 14.3. The van der Waals surface area contributed by atoms with Crippen molar-refractivity contribution in [1.29, 1.82) is 0 Å². The molecule has 0 bridgehead atoms. The van der Waals surface area contributed by atoms with Gasteiger partial charge in [-0.25, -0.2) is 0 Å². The van der Waals surface area contributed by atoms with Crippen LogP contribution in [0.4, 0.5) is 18.9 Å². The third kappa shape index (κ3) is 5.66. The van der Waals surface area contributed by atoms with Gasteiger partial charge in [-0.3, -0.25) is 4.79 Å². The van der Waals surface area contributed by atoms with Gasteiger partial charge in [0, 0.05) is 38.3 Å². The van der Waals surface area contributed by atoms with Crippen molar-refractivity contribution < 1.29 is 18.0 Å². The molecule has 2 saturated heterocycles. The molecule has 26 heavy (non-hydrogen) atoms. The van der Waals surface area contributed by atoms with Crippen LogP contribution in [0.15, 0.2) is 24.3 Å². The van der Waals surface area contributed by atoms with Crippen molar-refractivity contribution >= 4 is 36.4 Å². The van der Waals surface area contributed by atoms with Gasteiger partial charge >= 0.3 is 6.18 Å². The Balaban J connectivity index is 0.00000169. The number of benzene rings is 1. The molecule has 1 N–H and O–H groups in total. The summed E-state index contributed by atoms with van der Waals surface area (Å²) in [7, 11) is 0. The minimum absolute atomic E-state index is 0. The van der Waals surface area contributed by atoms with E-state index in [9.17, 15) is 18.0 Å². The van der Waals surface area contributed by atoms with Gasteiger partial charge in [0.25, 0.3) is 0 Å². The van der Waals surface area contributed by atoms with E-state index in [0.29, 0.717) is 44.2 Å². The first kappa shape index (κ1) is 22.9. The van der Waals surface area contributed by atoms with Crippen LogP contribution in [0.2, 0.25) is 0 Å². The summed E-state index contributed by atoms with van der Waals surface area (Å²) < 4.78 is 38.5. The summed E-state index contributed by atoms with van der Waals surface area (Å²) in [6.45, 7) is 4.13. The van der Waals surface area contributed by atoms with Crippen LogP contribution in [0.5, 0.6) is 0 Å². The molecule has 1 unspecified atom stereocenters. The van der Waals surface area contributed by atoms with Crippen molar-refractivity contribution in [2.24, 2.45) is 5.92 Å². The highest BCUT2D eigenvalue weighted by Crippen LogP contribution is 2.31. The van der Waals surface area contributed by atoms with E-state index in [-0.39, 0.29) is 30.7 Å². The minimum atomic E-state index is -4.33. The van der Waals surface area contributed by atoms with Gasteiger partial charge in [-0.05, 0) is 43.6 Å². The quantitative estimate of drug-likeness (QED) is 0.826. The first-order valence-electron chi connectivity index (χ1n) is 8.34. The number of amides is 1. The molecule has 0 aromatic heterocycles. The van der Waals surface area contributed by atoms with Crippen LogP contribution < -0.4 is 10.2 Å². The second-order valence-corrected chi connectivity index (χ2v) is 6.48. The summed E-state index contributed by atoms with van der Waals surface area (Å²) in [6, 6.07) is 5.39. The fourth-order valence-corrected chi connectivity index (χ4v) is 3.36. The maximum absolute atomic E-state index is 12.8. The Morgan fingerprint density at radius 1 is 1.15 bits per heavy atom. The topological polar surface area (TPSA) is 35.6 Å². The Hall–Kier alpha value is -1.18. The van der Waals surface area contributed by atoms with E-state index in [1.54, 1.807) is 6.07 Å². The van der Waals surface area contributed by atoms with Crippen molar-refractivity contribution in [3.05, 3.63) is 29.8 Å². The highest BCUT2D eigenvalue weighted by Gasteiger charge is 2.31. The van der Waals surface area contributed by atoms with Crippen molar-refractivity contribution in [3.63, 3.8) is 0 Å². The Kier molecular flexibility index (Phi) is 8.50. The summed E-state index contributed by atoms with van der Waals surface area (Å²) in [5, 5.41) is 3.26. The second-order valence-electron chi connectivity index (χ2n) is 6.48. The van der Waals surface area contributed by atoms with E-state index < -0.39 is 11.7 Å². The van der Waals surface area contributed by atoms with Crippen LogP contribution in [0.3, 0.4) is 0 Å². The maximum Gasteiger partial charge on any atom is 0.416 e. The highest BCUT2D eigenvalue weighted by molar-refractivity contribution is 5.85. The van der Waals surface area contributed by atoms with E-state index in [1.165, 1.54) is 12.1 Å². The Morgan fingerprint density at radius 2 is 1.85 bits per heavy atom. The number of halogens is 5. The minimum Gasteiger partial charge on any atom is -0.368 e. The molecule has 0 aliphatic carbocycles. The first-order valence-corrected chi connectivity index (χ1v) is 8.34. The van der Waals surface area contributed by atoms with Crippen LogP contribution in [-0.4, -0.2) is 50.1 Å². The number of alkyl halides is 3. The second kappa shape index (κ2) is 9.67. The van der Waals surface area contributed by atoms with E-state index in [0.717, 1.165) is 25.6 Å². The van der Waals surface area contributed by atoms with Gasteiger partial charge < -0.3 is 15.1 Å². The molecule has 2 heterocycles. The summed E-state index contributed by atoms with van der Waals surface area (Å²) in [5.41, 5.74) is -0.0656. The van der Waals surface area contributed by atoms with Crippen LogP contribution in [0.1, 0.15) is 18.4 Å². The molecule has 0 spiro atoms. The van der Waals surface area contributed by atoms with Gasteiger partial charge in [0.1, 0.15) is 0 Å². The van der Waals surface area contributed by atoms with Gasteiger partial charge in [0.2, 0.25) is 5.91 Å². The van der Waals surface area contributed by atoms with Crippen molar-refractivity contribution in [2.45, 2.75) is 19.0 Å². The Labute approximate surface area is 163 Å². The standard InChI is InChI=1S/C17H22F3N3O.2ClH/c18-17(19,20)14-2-1-3-15(11-14)22-6-8-23(9-7-22)16(24)10-13-4-5-21-12-13;;/h1-3,11,13,21H,4-10,12H2;2*1H. The zero-order valence-corrected chi connectivity index (χ0v) is 15.9. The van der Waals surface area contributed by atoms with Crippen LogP contribution in [0, 0.1) is 5.92 Å². The number of rotatable bonds is 3. The lowest BCUT2D eigenvalue weighted by atomic mass is 10.0. The molecule has 3 rings (SSSR count). The van der Waals surface area contributed by atoms with Crippen molar-refractivity contribution in [1.82, 2.24) is 10.2 Å². The third-order valence-corrected chi connectivity index (χ3v) is 4.80. The zero-order chi connectivity index (χ0) is 17.2. The SMILES string of the molecule is Cl.Cl.O=C(CC1CCNC1)N1CCN(c2cccc(C(F)(F)F)c2)CC1. The number of nitrogens with one attached hydrogen (secondary N) is 1. The number of nitrogens with zero attached hydrogens (tertiary/aromatic N) is 2. The molecule has 2 aliphatic rings. The van der Waals surface area contributed by atoms with E-state index in [1.807, 2.05) is 9.80 Å². The summed E-state index contributed by atoms with van der Waals surface area (Å²) >= 11 is 0. The summed E-state index contributed by atoms with van der Waals surface area (Å²) in [4.78, 5) is 16.1. The van der Waals surface area contributed by atoms with Crippen molar-refractivity contribution in [3.8, 4) is 0 Å². The molecule has 0 radical (unpaired) electrons. The Morgan fingerprint density at radius 3 is 2.42 bits per heavy atom. The Bertz CT molecular complexity index is 587. The number of hydrogen-bond acceptors (Lipinski definition) is 3. The number of hydrogen-bond donors (Lipinski definition) is 1. The fourth-order valence-electron chi connectivity index (χ4n) is 3.36. The van der Waals surface area contributed by atoms with Crippen LogP contribution in [-0.2, 0) is 11.0 Å². The average molecular weight is 414 g/mol. The van der Waals surface area contributed by atoms with Crippen LogP contribution >= 0.6 is 24.8 Å². The molecule has 2 fully saturated rings. The molecular weight excluding hydrogens is 390 g/mol. The summed E-state index contributed by atoms with van der Waals surface area (Å²) in [5.74, 6) is 0.575. The van der Waals surface area contributed by atoms with E-state index >= 15 is 0 Å². The predicted octanol–water partition coefficient (Wildman–Crippen LogP) is 3.20. The highest BCUT2D eigenvalue weighted by atomic mass is 35.5. The molecule has 1 atom stereocenters. The lowest BCUT2D eigenvalue weighted by Gasteiger charge is -2.36. The van der Waals surface area contributed by atoms with Gasteiger partial charge in [-0.2, -0.15) is 13.2 Å². The fraction of sp³-hybridized carbons (Fsp3) is 0.588. The molecule has 0 saturated carbocycles. The van der Waals surface area contributed by atoms with Gasteiger partial charge in [0.15, 0.2) is 0 Å². The molecule has 1 aromatic carbocycles. The largest absolute Gasteiger partial charge is 0.416 e. The number of anilines is 1. The number of piperazine rings is 1.